The molecule has 1 saturated heterocycles. The zero-order chi connectivity index (χ0) is 14.5. The van der Waals surface area contributed by atoms with Crippen molar-refractivity contribution in [3.8, 4) is 17.2 Å². The number of hydrogen-bond donors (Lipinski definition) is 2. The molecule has 1 aliphatic heterocycles. The van der Waals surface area contributed by atoms with E-state index in [1.165, 1.54) is 0 Å². The first-order valence-electron chi connectivity index (χ1n) is 6.97. The maximum absolute atomic E-state index is 6.46. The van der Waals surface area contributed by atoms with E-state index in [9.17, 15) is 0 Å². The molecule has 1 aromatic rings. The van der Waals surface area contributed by atoms with Crippen LogP contribution >= 0.6 is 12.4 Å². The summed E-state index contributed by atoms with van der Waals surface area (Å²) in [7, 11) is 4.90. The van der Waals surface area contributed by atoms with Crippen molar-refractivity contribution in [1.29, 1.82) is 0 Å². The number of methoxy groups -OCH3 is 3. The minimum Gasteiger partial charge on any atom is -0.496 e. The van der Waals surface area contributed by atoms with Crippen LogP contribution in [0.5, 0.6) is 17.2 Å². The number of halogens is 1. The van der Waals surface area contributed by atoms with Crippen LogP contribution in [0.4, 0.5) is 0 Å². The quantitative estimate of drug-likeness (QED) is 0.871. The zero-order valence-corrected chi connectivity index (χ0v) is 13.7. The Bertz CT molecular complexity index is 451. The summed E-state index contributed by atoms with van der Waals surface area (Å²) in [4.78, 5) is 0. The third-order valence-electron chi connectivity index (χ3n) is 3.99. The van der Waals surface area contributed by atoms with E-state index >= 15 is 0 Å². The fraction of sp³-hybridized carbons (Fsp3) is 0.600. The minimum atomic E-state index is -0.0492. The number of rotatable bonds is 5. The van der Waals surface area contributed by atoms with E-state index < -0.39 is 0 Å². The van der Waals surface area contributed by atoms with E-state index in [-0.39, 0.29) is 18.4 Å². The molecule has 6 heteroatoms. The van der Waals surface area contributed by atoms with Crippen LogP contribution in [0.1, 0.15) is 24.4 Å². The van der Waals surface area contributed by atoms with Gasteiger partial charge in [0.15, 0.2) is 11.5 Å². The molecule has 0 radical (unpaired) electrons. The number of piperidine rings is 1. The Hall–Kier alpha value is -1.17. The molecule has 0 aromatic heterocycles. The van der Waals surface area contributed by atoms with Crippen LogP contribution in [-0.2, 0) is 0 Å². The minimum absolute atomic E-state index is 0. The molecule has 0 unspecified atom stereocenters. The molecule has 0 spiro atoms. The van der Waals surface area contributed by atoms with Crippen molar-refractivity contribution in [2.45, 2.75) is 18.9 Å². The van der Waals surface area contributed by atoms with Crippen molar-refractivity contribution in [3.63, 3.8) is 0 Å². The highest BCUT2D eigenvalue weighted by atomic mass is 35.5. The number of nitrogens with one attached hydrogen (secondary N) is 1. The zero-order valence-electron chi connectivity index (χ0n) is 12.8. The highest BCUT2D eigenvalue weighted by molar-refractivity contribution is 5.85. The normalized spacial score (nSPS) is 16.8. The third-order valence-corrected chi connectivity index (χ3v) is 3.99. The topological polar surface area (TPSA) is 65.7 Å². The van der Waals surface area contributed by atoms with Crippen LogP contribution in [0, 0.1) is 5.92 Å². The second-order valence-electron chi connectivity index (χ2n) is 5.06. The molecule has 0 aliphatic carbocycles. The molecule has 120 valence electrons. The predicted molar refractivity (Wildman–Crippen MR) is 85.9 cm³/mol. The first kappa shape index (κ1) is 17.9. The number of hydrogen-bond acceptors (Lipinski definition) is 5. The maximum Gasteiger partial charge on any atom is 0.164 e. The lowest BCUT2D eigenvalue weighted by Gasteiger charge is -2.29. The van der Waals surface area contributed by atoms with Gasteiger partial charge in [-0.15, -0.1) is 12.4 Å². The van der Waals surface area contributed by atoms with Crippen molar-refractivity contribution in [2.24, 2.45) is 11.7 Å². The van der Waals surface area contributed by atoms with Crippen LogP contribution in [-0.4, -0.2) is 34.4 Å². The van der Waals surface area contributed by atoms with Gasteiger partial charge in [-0.3, -0.25) is 0 Å². The van der Waals surface area contributed by atoms with Gasteiger partial charge >= 0.3 is 0 Å². The van der Waals surface area contributed by atoms with Gasteiger partial charge in [0.25, 0.3) is 0 Å². The molecule has 21 heavy (non-hydrogen) atoms. The SMILES string of the molecule is COc1cc(OC)c([C@H](N)C2CCNCC2)cc1OC.Cl. The molecule has 2 rings (SSSR count). The Balaban J connectivity index is 0.00000220. The summed E-state index contributed by atoms with van der Waals surface area (Å²) in [6, 6.07) is 3.73. The summed E-state index contributed by atoms with van der Waals surface area (Å²) >= 11 is 0. The van der Waals surface area contributed by atoms with Crippen LogP contribution in [0.2, 0.25) is 0 Å². The van der Waals surface area contributed by atoms with Gasteiger partial charge in [0.2, 0.25) is 0 Å². The second-order valence-corrected chi connectivity index (χ2v) is 5.06. The maximum atomic E-state index is 6.46. The Labute approximate surface area is 132 Å². The second kappa shape index (κ2) is 8.32. The van der Waals surface area contributed by atoms with Gasteiger partial charge in [-0.05, 0) is 37.9 Å². The van der Waals surface area contributed by atoms with Crippen LogP contribution in [0.15, 0.2) is 12.1 Å². The number of nitrogens with two attached hydrogens (primary N) is 1. The van der Waals surface area contributed by atoms with E-state index in [4.69, 9.17) is 19.9 Å². The van der Waals surface area contributed by atoms with Gasteiger partial charge in [-0.1, -0.05) is 0 Å². The molecule has 1 heterocycles. The van der Waals surface area contributed by atoms with Gasteiger partial charge < -0.3 is 25.3 Å². The molecule has 1 aromatic carbocycles. The predicted octanol–water partition coefficient (Wildman–Crippen LogP) is 2.13. The summed E-state index contributed by atoms with van der Waals surface area (Å²) in [5.41, 5.74) is 7.44. The third kappa shape index (κ3) is 3.93. The molecule has 1 fully saturated rings. The van der Waals surface area contributed by atoms with Crippen LogP contribution in [0.25, 0.3) is 0 Å². The van der Waals surface area contributed by atoms with Crippen molar-refractivity contribution in [3.05, 3.63) is 17.7 Å². The van der Waals surface area contributed by atoms with Crippen molar-refractivity contribution in [1.82, 2.24) is 5.32 Å². The summed E-state index contributed by atoms with van der Waals surface area (Å²) < 4.78 is 16.1. The van der Waals surface area contributed by atoms with E-state index in [0.29, 0.717) is 17.4 Å². The van der Waals surface area contributed by atoms with Gasteiger partial charge in [0.1, 0.15) is 5.75 Å². The van der Waals surface area contributed by atoms with Crippen molar-refractivity contribution < 1.29 is 14.2 Å². The molecule has 5 nitrogen and oxygen atoms in total. The Morgan fingerprint density at radius 2 is 1.52 bits per heavy atom. The molecule has 0 bridgehead atoms. The highest BCUT2D eigenvalue weighted by Crippen LogP contribution is 2.40. The fourth-order valence-corrected chi connectivity index (χ4v) is 2.77. The summed E-state index contributed by atoms with van der Waals surface area (Å²) in [5, 5.41) is 3.36. The van der Waals surface area contributed by atoms with Crippen LogP contribution in [0.3, 0.4) is 0 Å². The van der Waals surface area contributed by atoms with Crippen molar-refractivity contribution >= 4 is 12.4 Å². The Morgan fingerprint density at radius 1 is 1.00 bits per heavy atom. The molecule has 1 atom stereocenters. The first-order valence-corrected chi connectivity index (χ1v) is 6.97. The average molecular weight is 317 g/mol. The van der Waals surface area contributed by atoms with E-state index in [1.807, 2.05) is 12.1 Å². The summed E-state index contributed by atoms with van der Waals surface area (Å²) in [6.45, 7) is 2.04. The molecule has 1 aliphatic rings. The molecule has 0 saturated carbocycles. The highest BCUT2D eigenvalue weighted by Gasteiger charge is 2.25. The molecule has 0 amide bonds. The molecular formula is C15H25ClN2O3. The van der Waals surface area contributed by atoms with Crippen LogP contribution < -0.4 is 25.3 Å². The van der Waals surface area contributed by atoms with Crippen molar-refractivity contribution in [2.75, 3.05) is 34.4 Å². The smallest absolute Gasteiger partial charge is 0.164 e. The van der Waals surface area contributed by atoms with E-state index in [1.54, 1.807) is 21.3 Å². The molecule has 3 N–H and O–H groups in total. The van der Waals surface area contributed by atoms with Gasteiger partial charge in [-0.25, -0.2) is 0 Å². The Morgan fingerprint density at radius 3 is 2.05 bits per heavy atom. The lowest BCUT2D eigenvalue weighted by Crippen LogP contribution is -2.34. The lowest BCUT2D eigenvalue weighted by molar-refractivity contribution is 0.309. The lowest BCUT2D eigenvalue weighted by atomic mass is 9.86. The van der Waals surface area contributed by atoms with Gasteiger partial charge in [0, 0.05) is 17.7 Å². The molecular weight excluding hydrogens is 292 g/mol. The average Bonchev–Trinajstić information content (AvgIpc) is 2.53. The first-order chi connectivity index (χ1) is 9.71. The Kier molecular flexibility index (Phi) is 7.08. The monoisotopic (exact) mass is 316 g/mol. The largest absolute Gasteiger partial charge is 0.496 e. The number of benzene rings is 1. The number of ether oxygens (including phenoxy) is 3. The standard InChI is InChI=1S/C15H24N2O3.ClH/c1-18-12-9-14(20-3)13(19-2)8-11(12)15(16)10-4-6-17-7-5-10;/h8-10,15,17H,4-7,16H2,1-3H3;1H/t15-;/m1./s1. The summed E-state index contributed by atoms with van der Waals surface area (Å²) in [5.74, 6) is 2.57. The van der Waals surface area contributed by atoms with E-state index in [2.05, 4.69) is 5.32 Å². The van der Waals surface area contributed by atoms with Gasteiger partial charge in [0.05, 0.1) is 21.3 Å². The fourth-order valence-electron chi connectivity index (χ4n) is 2.77. The van der Waals surface area contributed by atoms with Gasteiger partial charge in [-0.2, -0.15) is 0 Å². The van der Waals surface area contributed by atoms with E-state index in [0.717, 1.165) is 37.2 Å². The summed E-state index contributed by atoms with van der Waals surface area (Å²) in [6.07, 6.45) is 2.16.